The molecule has 0 aromatic heterocycles. The van der Waals surface area contributed by atoms with Gasteiger partial charge in [0.2, 0.25) is 5.75 Å². The summed E-state index contributed by atoms with van der Waals surface area (Å²) in [5.74, 6) is -0.268. The third kappa shape index (κ3) is 1.37. The highest BCUT2D eigenvalue weighted by Crippen LogP contribution is 2.46. The summed E-state index contributed by atoms with van der Waals surface area (Å²) in [5.41, 5.74) is 0. The topological polar surface area (TPSA) is 49.7 Å². The Morgan fingerprint density at radius 3 is 2.27 bits per heavy atom. The lowest BCUT2D eigenvalue weighted by molar-refractivity contribution is 0.347. The first-order chi connectivity index (χ1) is 7.16. The molecule has 0 radical (unpaired) electrons. The monoisotopic (exact) mass is 222 g/mol. The molecule has 0 bridgehead atoms. The van der Waals surface area contributed by atoms with Gasteiger partial charge in [0.25, 0.3) is 0 Å². The van der Waals surface area contributed by atoms with Gasteiger partial charge in [0, 0.05) is 10.8 Å². The second-order valence-corrected chi connectivity index (χ2v) is 3.57. The van der Waals surface area contributed by atoms with Crippen LogP contribution in [0.15, 0.2) is 29.2 Å². The summed E-state index contributed by atoms with van der Waals surface area (Å²) < 4.78 is 4.98. The molecular weight excluding hydrogens is 212 g/mol. The molecule has 0 saturated heterocycles. The molecule has 3 nitrogen and oxygen atoms in total. The van der Waals surface area contributed by atoms with Gasteiger partial charge in [-0.3, -0.25) is 0 Å². The lowest BCUT2D eigenvalue weighted by Crippen LogP contribution is -1.88. The molecule has 2 aromatic carbocycles. The summed E-state index contributed by atoms with van der Waals surface area (Å²) in [6, 6.07) is 7.13. The molecule has 0 amide bonds. The Balaban J connectivity index is 2.96. The summed E-state index contributed by atoms with van der Waals surface area (Å²) in [6.45, 7) is 0. The zero-order valence-electron chi connectivity index (χ0n) is 8.06. The summed E-state index contributed by atoms with van der Waals surface area (Å²) >= 11 is 4.26. The quantitative estimate of drug-likeness (QED) is 0.513. The molecular formula is C11H10O3S. The lowest BCUT2D eigenvalue weighted by Gasteiger charge is -2.11. The molecule has 0 unspecified atom stereocenters. The number of phenolic OH excluding ortho intramolecular Hbond substituents is 2. The van der Waals surface area contributed by atoms with Crippen LogP contribution in [-0.4, -0.2) is 17.3 Å². The molecule has 0 heterocycles. The van der Waals surface area contributed by atoms with Crippen LogP contribution in [0.2, 0.25) is 0 Å². The van der Waals surface area contributed by atoms with Gasteiger partial charge in [-0.2, -0.15) is 0 Å². The fourth-order valence-electron chi connectivity index (χ4n) is 1.56. The summed E-state index contributed by atoms with van der Waals surface area (Å²) in [4.78, 5) is 0.517. The van der Waals surface area contributed by atoms with Crippen LogP contribution in [0.25, 0.3) is 10.8 Å². The third-order valence-electron chi connectivity index (χ3n) is 2.30. The number of aromatic hydroxyl groups is 2. The SMILES string of the molecule is COc1c(O)c(O)c2ccccc2c1S. The van der Waals surface area contributed by atoms with Crippen LogP contribution < -0.4 is 4.74 Å². The molecule has 0 aliphatic carbocycles. The molecule has 0 spiro atoms. The van der Waals surface area contributed by atoms with Crippen molar-refractivity contribution in [2.75, 3.05) is 7.11 Å². The van der Waals surface area contributed by atoms with Gasteiger partial charge in [-0.25, -0.2) is 0 Å². The molecule has 2 aromatic rings. The molecule has 2 N–H and O–H groups in total. The minimum atomic E-state index is -0.277. The Labute approximate surface area is 92.3 Å². The number of fused-ring (bicyclic) bond motifs is 1. The van der Waals surface area contributed by atoms with Crippen molar-refractivity contribution < 1.29 is 14.9 Å². The minimum absolute atomic E-state index is 0.180. The van der Waals surface area contributed by atoms with E-state index in [0.717, 1.165) is 5.39 Å². The number of thiol groups is 1. The number of rotatable bonds is 1. The maximum absolute atomic E-state index is 9.73. The summed E-state index contributed by atoms with van der Waals surface area (Å²) in [7, 11) is 1.42. The Bertz CT molecular complexity index is 523. The average Bonchev–Trinajstić information content (AvgIpc) is 2.27. The van der Waals surface area contributed by atoms with E-state index in [0.29, 0.717) is 10.3 Å². The maximum Gasteiger partial charge on any atom is 0.202 e. The number of hydrogen-bond donors (Lipinski definition) is 3. The summed E-state index contributed by atoms with van der Waals surface area (Å²) in [6.07, 6.45) is 0. The first-order valence-corrected chi connectivity index (χ1v) is 4.81. The summed E-state index contributed by atoms with van der Waals surface area (Å²) in [5, 5.41) is 20.7. The lowest BCUT2D eigenvalue weighted by atomic mass is 10.1. The van der Waals surface area contributed by atoms with Crippen LogP contribution in [0.5, 0.6) is 17.2 Å². The van der Waals surface area contributed by atoms with Crippen LogP contribution >= 0.6 is 12.6 Å². The van der Waals surface area contributed by atoms with Crippen molar-refractivity contribution in [2.24, 2.45) is 0 Å². The van der Waals surface area contributed by atoms with Crippen molar-refractivity contribution in [2.45, 2.75) is 4.90 Å². The van der Waals surface area contributed by atoms with E-state index in [4.69, 9.17) is 4.74 Å². The van der Waals surface area contributed by atoms with Gasteiger partial charge in [-0.15, -0.1) is 12.6 Å². The van der Waals surface area contributed by atoms with Gasteiger partial charge in [0.05, 0.1) is 12.0 Å². The zero-order valence-corrected chi connectivity index (χ0v) is 8.95. The molecule has 4 heteroatoms. The van der Waals surface area contributed by atoms with E-state index in [1.807, 2.05) is 6.07 Å². The predicted molar refractivity (Wildman–Crippen MR) is 61.1 cm³/mol. The number of ether oxygens (including phenoxy) is 1. The third-order valence-corrected chi connectivity index (χ3v) is 2.74. The van der Waals surface area contributed by atoms with E-state index in [9.17, 15) is 10.2 Å². The zero-order chi connectivity index (χ0) is 11.0. The molecule has 0 fully saturated rings. The van der Waals surface area contributed by atoms with Crippen molar-refractivity contribution in [1.82, 2.24) is 0 Å². The van der Waals surface area contributed by atoms with E-state index in [1.54, 1.807) is 18.2 Å². The average molecular weight is 222 g/mol. The standard InChI is InChI=1S/C11H10O3S/c1-14-10-9(13)8(12)6-4-2-3-5-7(6)11(10)15/h2-5,12-13,15H,1H3. The predicted octanol–water partition coefficient (Wildman–Crippen LogP) is 2.55. The number of hydrogen-bond acceptors (Lipinski definition) is 4. The van der Waals surface area contributed by atoms with Crippen LogP contribution in [0.4, 0.5) is 0 Å². The number of phenols is 2. The molecule has 0 aliphatic rings. The van der Waals surface area contributed by atoms with Crippen molar-refractivity contribution in [3.8, 4) is 17.2 Å². The van der Waals surface area contributed by atoms with Crippen LogP contribution in [0, 0.1) is 0 Å². The second-order valence-electron chi connectivity index (χ2n) is 3.12. The van der Waals surface area contributed by atoms with Gasteiger partial charge in [-0.1, -0.05) is 24.3 Å². The largest absolute Gasteiger partial charge is 0.504 e. The van der Waals surface area contributed by atoms with E-state index >= 15 is 0 Å². The molecule has 15 heavy (non-hydrogen) atoms. The molecule has 2 rings (SSSR count). The second kappa shape index (κ2) is 3.55. The van der Waals surface area contributed by atoms with Gasteiger partial charge in [0.15, 0.2) is 11.5 Å². The molecule has 0 aliphatic heterocycles. The first-order valence-electron chi connectivity index (χ1n) is 4.36. The fraction of sp³-hybridized carbons (Fsp3) is 0.0909. The molecule has 78 valence electrons. The van der Waals surface area contributed by atoms with E-state index < -0.39 is 0 Å². The van der Waals surface area contributed by atoms with Crippen molar-refractivity contribution >= 4 is 23.4 Å². The highest BCUT2D eigenvalue weighted by molar-refractivity contribution is 7.80. The molecule has 0 atom stereocenters. The van der Waals surface area contributed by atoms with Crippen molar-refractivity contribution in [3.05, 3.63) is 24.3 Å². The van der Waals surface area contributed by atoms with Crippen LogP contribution in [0.3, 0.4) is 0 Å². The Morgan fingerprint density at radius 1 is 1.07 bits per heavy atom. The smallest absolute Gasteiger partial charge is 0.202 e. The highest BCUT2D eigenvalue weighted by atomic mass is 32.1. The Hall–Kier alpha value is -1.55. The highest BCUT2D eigenvalue weighted by Gasteiger charge is 2.16. The minimum Gasteiger partial charge on any atom is -0.504 e. The van der Waals surface area contributed by atoms with E-state index in [1.165, 1.54) is 7.11 Å². The van der Waals surface area contributed by atoms with Crippen LogP contribution in [-0.2, 0) is 0 Å². The Kier molecular flexibility index (Phi) is 2.36. The van der Waals surface area contributed by atoms with E-state index in [-0.39, 0.29) is 17.2 Å². The van der Waals surface area contributed by atoms with Crippen molar-refractivity contribution in [3.63, 3.8) is 0 Å². The number of benzene rings is 2. The normalized spacial score (nSPS) is 10.5. The van der Waals surface area contributed by atoms with Gasteiger partial charge in [0.1, 0.15) is 0 Å². The number of methoxy groups -OCH3 is 1. The van der Waals surface area contributed by atoms with Gasteiger partial charge in [-0.05, 0) is 0 Å². The van der Waals surface area contributed by atoms with Gasteiger partial charge >= 0.3 is 0 Å². The Morgan fingerprint density at radius 2 is 1.67 bits per heavy atom. The first kappa shape index (κ1) is 9.98. The van der Waals surface area contributed by atoms with Crippen molar-refractivity contribution in [1.29, 1.82) is 0 Å². The van der Waals surface area contributed by atoms with Gasteiger partial charge < -0.3 is 14.9 Å². The van der Waals surface area contributed by atoms with E-state index in [2.05, 4.69) is 12.6 Å². The maximum atomic E-state index is 9.73. The molecule has 0 saturated carbocycles. The fourth-order valence-corrected chi connectivity index (χ4v) is 1.95. The van der Waals surface area contributed by atoms with Crippen LogP contribution in [0.1, 0.15) is 0 Å².